The Hall–Kier alpha value is -1.10. The Labute approximate surface area is 248 Å². The minimum absolute atomic E-state index is 0. The van der Waals surface area contributed by atoms with Gasteiger partial charge in [-0.1, -0.05) is 0 Å². The van der Waals surface area contributed by atoms with Crippen molar-refractivity contribution < 1.29 is 48.0 Å². The molecule has 4 aliphatic rings. The van der Waals surface area contributed by atoms with Crippen molar-refractivity contribution in [3.63, 3.8) is 0 Å². The molecule has 5 heteroatoms. The first-order valence-corrected chi connectivity index (χ1v) is 15.6. The van der Waals surface area contributed by atoms with E-state index in [1.165, 1.54) is 46.7 Å². The molecule has 0 fully saturated rings. The number of allylic oxidation sites excluding steroid dienone is 2. The molecule has 0 nitrogen and oxygen atoms in total. The second kappa shape index (κ2) is 10.3. The molecule has 35 heavy (non-hydrogen) atoms. The maximum atomic E-state index is 2.55. The standard InChI is InChI=1S/C15H10I.C15H9S.2ClH.Zr/c16-14-8-4-7-12-9-10-13(15(12)14)11-5-2-1-3-6-11;1-2-10-8-12(3-1)16-13-5-7-15-11(9-13)4-6-14(10)15;;;/h1-9,13H;1-5,7-9,14H;2*1H;/q;;;;+2/p-2. The Bertz CT molecular complexity index is 1500. The Morgan fingerprint density at radius 2 is 1.34 bits per heavy atom. The van der Waals surface area contributed by atoms with Crippen LogP contribution in [0.2, 0.25) is 0 Å². The van der Waals surface area contributed by atoms with Gasteiger partial charge in [0, 0.05) is 0 Å². The van der Waals surface area contributed by atoms with Crippen molar-refractivity contribution in [3.05, 3.63) is 135 Å². The zero-order chi connectivity index (χ0) is 21.9. The van der Waals surface area contributed by atoms with Gasteiger partial charge in [-0.15, -0.1) is 0 Å². The van der Waals surface area contributed by atoms with Gasteiger partial charge in [0.2, 0.25) is 0 Å². The number of rotatable bonds is 3. The van der Waals surface area contributed by atoms with E-state index >= 15 is 0 Å². The average Bonchev–Trinajstić information content (AvgIpc) is 3.39. The van der Waals surface area contributed by atoms with Gasteiger partial charge >= 0.3 is 226 Å². The van der Waals surface area contributed by atoms with Crippen LogP contribution < -0.4 is 24.8 Å². The molecule has 170 valence electrons. The van der Waals surface area contributed by atoms with Gasteiger partial charge in [0.05, 0.1) is 0 Å². The van der Waals surface area contributed by atoms with Crippen LogP contribution in [0.25, 0.3) is 12.2 Å². The second-order valence-corrected chi connectivity index (χ2v) is 14.6. The van der Waals surface area contributed by atoms with Crippen LogP contribution in [-0.2, 0) is 23.2 Å². The molecule has 0 amide bonds. The normalized spacial score (nSPS) is 18.1. The fraction of sp³-hybridized carbons (Fsp3) is 0.0667. The first kappa shape index (κ1) is 25.5. The van der Waals surface area contributed by atoms with E-state index in [-0.39, 0.29) is 24.8 Å². The van der Waals surface area contributed by atoms with Gasteiger partial charge < -0.3 is 24.8 Å². The Morgan fingerprint density at radius 3 is 2.20 bits per heavy atom. The minimum atomic E-state index is -1.01. The molecule has 2 atom stereocenters. The molecule has 8 rings (SSSR count). The van der Waals surface area contributed by atoms with E-state index in [4.69, 9.17) is 0 Å². The topological polar surface area (TPSA) is 0 Å². The van der Waals surface area contributed by atoms with Crippen molar-refractivity contribution in [1.29, 1.82) is 0 Å². The van der Waals surface area contributed by atoms with Crippen LogP contribution >= 0.6 is 34.4 Å². The third kappa shape index (κ3) is 4.46. The Kier molecular flexibility index (Phi) is 7.55. The van der Waals surface area contributed by atoms with Crippen LogP contribution in [0.3, 0.4) is 0 Å². The van der Waals surface area contributed by atoms with Crippen LogP contribution in [0.15, 0.2) is 107 Å². The molecule has 0 saturated heterocycles. The van der Waals surface area contributed by atoms with Crippen molar-refractivity contribution in [3.8, 4) is 0 Å². The van der Waals surface area contributed by atoms with E-state index in [1.807, 2.05) is 11.8 Å². The molecule has 0 radical (unpaired) electrons. The van der Waals surface area contributed by atoms with Crippen molar-refractivity contribution in [2.75, 3.05) is 0 Å². The summed E-state index contributed by atoms with van der Waals surface area (Å²) in [7, 11) is 0. The zero-order valence-electron chi connectivity index (χ0n) is 18.5. The molecule has 0 saturated carbocycles. The van der Waals surface area contributed by atoms with Crippen molar-refractivity contribution in [1.82, 2.24) is 0 Å². The van der Waals surface area contributed by atoms with E-state index in [1.54, 1.807) is 6.56 Å². The van der Waals surface area contributed by atoms with E-state index in [0.29, 0.717) is 11.8 Å². The Balaban J connectivity index is 0.00000127. The predicted molar refractivity (Wildman–Crippen MR) is 142 cm³/mol. The van der Waals surface area contributed by atoms with Crippen molar-refractivity contribution in [2.24, 2.45) is 0 Å². The number of fused-ring (bicyclic) bond motifs is 2. The largest absolute Gasteiger partial charge is 1.00 e. The second-order valence-electron chi connectivity index (χ2n) is 8.81. The summed E-state index contributed by atoms with van der Waals surface area (Å²) in [5.41, 5.74) is 8.75. The average molecular weight is 701 g/mol. The molecule has 4 aromatic carbocycles. The summed E-state index contributed by atoms with van der Waals surface area (Å²) in [5, 5.41) is 0. The molecule has 0 aromatic heterocycles. The van der Waals surface area contributed by atoms with Crippen LogP contribution in [0.4, 0.5) is 0 Å². The van der Waals surface area contributed by atoms with E-state index in [2.05, 4.69) is 126 Å². The van der Waals surface area contributed by atoms with Crippen LogP contribution in [0.5, 0.6) is 0 Å². The van der Waals surface area contributed by atoms with Gasteiger partial charge in [-0.25, -0.2) is 0 Å². The summed E-state index contributed by atoms with van der Waals surface area (Å²) in [6, 6.07) is 34.3. The molecule has 0 spiro atoms. The molecule has 4 aromatic rings. The monoisotopic (exact) mass is 698 g/mol. The minimum Gasteiger partial charge on any atom is -1.00 e. The summed E-state index contributed by atoms with van der Waals surface area (Å²) < 4.78 is 4.74. The molecular weight excluding hydrogens is 681 g/mol. The maximum absolute atomic E-state index is 2.55. The zero-order valence-corrected chi connectivity index (χ0v) is 25.5. The smallest absolute Gasteiger partial charge is 1.00 e. The fourth-order valence-corrected chi connectivity index (χ4v) is 11.4. The first-order chi connectivity index (χ1) is 16.2. The number of halogens is 3. The van der Waals surface area contributed by atoms with Crippen molar-refractivity contribution in [2.45, 2.75) is 21.6 Å². The maximum Gasteiger partial charge on any atom is -1.00 e. The molecule has 2 aliphatic carbocycles. The first-order valence-electron chi connectivity index (χ1n) is 11.2. The summed E-state index contributed by atoms with van der Waals surface area (Å²) in [6.45, 7) is 0. The molecule has 0 N–H and O–H groups in total. The van der Waals surface area contributed by atoms with Crippen LogP contribution in [-0.4, -0.2) is 0 Å². The quantitative estimate of drug-likeness (QED) is 0.297. The van der Waals surface area contributed by atoms with Gasteiger partial charge in [-0.05, 0) is 0 Å². The van der Waals surface area contributed by atoms with E-state index < -0.39 is 23.2 Å². The van der Waals surface area contributed by atoms with E-state index in [9.17, 15) is 0 Å². The summed E-state index contributed by atoms with van der Waals surface area (Å²) in [5.74, 6) is 0.816. The molecule has 2 aliphatic heterocycles. The predicted octanol–water partition coefficient (Wildman–Crippen LogP) is 2.52. The summed E-state index contributed by atoms with van der Waals surface area (Å²) in [4.78, 5) is 2.70. The summed E-state index contributed by atoms with van der Waals surface area (Å²) >= 11 is 3.41. The number of hydrogen-bond donors (Lipinski definition) is 0. The number of hydrogen-bond acceptors (Lipinski definition) is 1. The molecular formula is C30H19Cl2ISZr. The van der Waals surface area contributed by atoms with Crippen LogP contribution in [0.1, 0.15) is 45.2 Å². The number of benzene rings is 4. The molecule has 6 bridgehead atoms. The molecule has 2 unspecified atom stereocenters. The third-order valence-corrected chi connectivity index (χ3v) is 12.3. The SMILES string of the molecule is Ic1cccc2c1C(c1ccccc1)[C]([Zr+2][C]1=Cc3cc4ccc3C1c1cccc(c1)S4)=C2.[Cl-].[Cl-]. The summed E-state index contributed by atoms with van der Waals surface area (Å²) in [6.07, 6.45) is 5.08. The van der Waals surface area contributed by atoms with Crippen LogP contribution in [0, 0.1) is 3.57 Å². The van der Waals surface area contributed by atoms with Gasteiger partial charge in [0.15, 0.2) is 0 Å². The molecule has 2 heterocycles. The van der Waals surface area contributed by atoms with Gasteiger partial charge in [0.25, 0.3) is 0 Å². The van der Waals surface area contributed by atoms with E-state index in [0.717, 1.165) is 0 Å². The third-order valence-electron chi connectivity index (χ3n) is 6.84. The van der Waals surface area contributed by atoms with Crippen molar-refractivity contribution >= 4 is 46.5 Å². The van der Waals surface area contributed by atoms with Gasteiger partial charge in [0.1, 0.15) is 0 Å². The fourth-order valence-electron chi connectivity index (χ4n) is 5.44. The van der Waals surface area contributed by atoms with Gasteiger partial charge in [-0.2, -0.15) is 0 Å². The Morgan fingerprint density at radius 1 is 0.629 bits per heavy atom. The van der Waals surface area contributed by atoms with Gasteiger partial charge in [-0.3, -0.25) is 0 Å².